The van der Waals surface area contributed by atoms with Crippen LogP contribution in [0.25, 0.3) is 0 Å². The summed E-state index contributed by atoms with van der Waals surface area (Å²) in [6.07, 6.45) is -1.84. The Bertz CT molecular complexity index is 489. The maximum absolute atomic E-state index is 12.9. The summed E-state index contributed by atoms with van der Waals surface area (Å²) in [7, 11) is 0. The van der Waals surface area contributed by atoms with Gasteiger partial charge in [0.05, 0.1) is 6.10 Å². The predicted octanol–water partition coefficient (Wildman–Crippen LogP) is 3.30. The SMILES string of the molecule is CC[C@H](C)Nc1nc(NC[C@H]2CCCO2)cc(C(F)(F)F)n1. The summed E-state index contributed by atoms with van der Waals surface area (Å²) in [5.41, 5.74) is -0.955. The number of hydrogen-bond donors (Lipinski definition) is 2. The fourth-order valence-electron chi connectivity index (χ4n) is 2.09. The third kappa shape index (κ3) is 4.72. The van der Waals surface area contributed by atoms with Crippen molar-refractivity contribution in [1.82, 2.24) is 9.97 Å². The Morgan fingerprint density at radius 2 is 2.18 bits per heavy atom. The van der Waals surface area contributed by atoms with Gasteiger partial charge in [-0.25, -0.2) is 4.98 Å². The van der Waals surface area contributed by atoms with E-state index in [1.807, 2.05) is 13.8 Å². The fourth-order valence-corrected chi connectivity index (χ4v) is 2.09. The van der Waals surface area contributed by atoms with Crippen molar-refractivity contribution in [2.45, 2.75) is 51.4 Å². The van der Waals surface area contributed by atoms with Gasteiger partial charge in [0.2, 0.25) is 5.95 Å². The molecule has 0 unspecified atom stereocenters. The number of rotatable bonds is 6. The lowest BCUT2D eigenvalue weighted by molar-refractivity contribution is -0.141. The standard InChI is InChI=1S/C14H21F3N4O/c1-3-9(2)19-13-20-11(14(15,16)17)7-12(21-13)18-8-10-5-4-6-22-10/h7,9-10H,3-6,8H2,1-2H3,(H2,18,19,20,21)/t9-,10+/m0/s1. The monoisotopic (exact) mass is 318 g/mol. The van der Waals surface area contributed by atoms with Crippen LogP contribution in [-0.4, -0.2) is 35.3 Å². The van der Waals surface area contributed by atoms with Crippen LogP contribution in [-0.2, 0) is 10.9 Å². The van der Waals surface area contributed by atoms with Gasteiger partial charge in [-0.1, -0.05) is 6.92 Å². The van der Waals surface area contributed by atoms with E-state index < -0.39 is 11.9 Å². The number of hydrogen-bond acceptors (Lipinski definition) is 5. The molecule has 1 saturated heterocycles. The van der Waals surface area contributed by atoms with Crippen LogP contribution in [0.2, 0.25) is 0 Å². The number of nitrogens with one attached hydrogen (secondary N) is 2. The van der Waals surface area contributed by atoms with Crippen LogP contribution in [0.1, 0.15) is 38.8 Å². The number of ether oxygens (including phenoxy) is 1. The highest BCUT2D eigenvalue weighted by atomic mass is 19.4. The summed E-state index contributed by atoms with van der Waals surface area (Å²) in [6, 6.07) is 0.922. The average Bonchev–Trinajstić information content (AvgIpc) is 2.97. The first-order valence-electron chi connectivity index (χ1n) is 7.46. The van der Waals surface area contributed by atoms with Crippen LogP contribution in [0.5, 0.6) is 0 Å². The smallest absolute Gasteiger partial charge is 0.376 e. The fraction of sp³-hybridized carbons (Fsp3) is 0.714. The van der Waals surface area contributed by atoms with E-state index in [4.69, 9.17) is 4.74 Å². The minimum absolute atomic E-state index is 0.00509. The van der Waals surface area contributed by atoms with Gasteiger partial charge in [-0.05, 0) is 26.2 Å². The summed E-state index contributed by atoms with van der Waals surface area (Å²) < 4.78 is 44.3. The van der Waals surface area contributed by atoms with Crippen LogP contribution >= 0.6 is 0 Å². The molecule has 124 valence electrons. The van der Waals surface area contributed by atoms with Crippen molar-refractivity contribution in [3.8, 4) is 0 Å². The molecular formula is C14H21F3N4O. The highest BCUT2D eigenvalue weighted by Gasteiger charge is 2.34. The lowest BCUT2D eigenvalue weighted by atomic mass is 10.2. The quantitative estimate of drug-likeness (QED) is 0.843. The molecule has 1 aliphatic heterocycles. The molecule has 0 aromatic carbocycles. The largest absolute Gasteiger partial charge is 0.433 e. The molecule has 0 amide bonds. The summed E-state index contributed by atoms with van der Waals surface area (Å²) in [4.78, 5) is 7.66. The first-order chi connectivity index (χ1) is 10.4. The second-order valence-corrected chi connectivity index (χ2v) is 5.43. The van der Waals surface area contributed by atoms with E-state index in [0.29, 0.717) is 13.2 Å². The number of aromatic nitrogens is 2. The topological polar surface area (TPSA) is 59.1 Å². The molecule has 1 aromatic heterocycles. The highest BCUT2D eigenvalue weighted by Crippen LogP contribution is 2.30. The van der Waals surface area contributed by atoms with Crippen LogP contribution in [0.4, 0.5) is 24.9 Å². The molecule has 8 heteroatoms. The van der Waals surface area contributed by atoms with Gasteiger partial charge in [-0.3, -0.25) is 0 Å². The molecular weight excluding hydrogens is 297 g/mol. The molecule has 0 bridgehead atoms. The van der Waals surface area contributed by atoms with E-state index >= 15 is 0 Å². The molecule has 0 radical (unpaired) electrons. The van der Waals surface area contributed by atoms with Crippen LogP contribution in [0.3, 0.4) is 0 Å². The first-order valence-corrected chi connectivity index (χ1v) is 7.46. The summed E-state index contributed by atoms with van der Waals surface area (Å²) in [5.74, 6) is 0.141. The third-order valence-corrected chi connectivity index (χ3v) is 3.54. The summed E-state index contributed by atoms with van der Waals surface area (Å²) in [5, 5.41) is 5.79. The second-order valence-electron chi connectivity index (χ2n) is 5.43. The minimum Gasteiger partial charge on any atom is -0.376 e. The Balaban J connectivity index is 2.13. The Morgan fingerprint density at radius 3 is 2.77 bits per heavy atom. The van der Waals surface area contributed by atoms with Gasteiger partial charge in [0.25, 0.3) is 0 Å². The van der Waals surface area contributed by atoms with Gasteiger partial charge in [0, 0.05) is 25.3 Å². The van der Waals surface area contributed by atoms with E-state index in [9.17, 15) is 13.2 Å². The summed E-state index contributed by atoms with van der Waals surface area (Å²) in [6.45, 7) is 4.94. The Hall–Kier alpha value is -1.57. The van der Waals surface area contributed by atoms with Gasteiger partial charge < -0.3 is 15.4 Å². The molecule has 2 heterocycles. The van der Waals surface area contributed by atoms with Crippen molar-refractivity contribution in [2.75, 3.05) is 23.8 Å². The van der Waals surface area contributed by atoms with Crippen molar-refractivity contribution in [2.24, 2.45) is 0 Å². The van der Waals surface area contributed by atoms with Crippen molar-refractivity contribution in [3.63, 3.8) is 0 Å². The lowest BCUT2D eigenvalue weighted by Crippen LogP contribution is -2.22. The summed E-state index contributed by atoms with van der Waals surface area (Å²) >= 11 is 0. The molecule has 1 fully saturated rings. The predicted molar refractivity (Wildman–Crippen MR) is 77.9 cm³/mol. The number of anilines is 2. The van der Waals surface area contributed by atoms with E-state index in [2.05, 4.69) is 20.6 Å². The molecule has 0 saturated carbocycles. The normalized spacial score (nSPS) is 20.0. The van der Waals surface area contributed by atoms with Gasteiger partial charge in [-0.15, -0.1) is 0 Å². The molecule has 2 rings (SSSR count). The van der Waals surface area contributed by atoms with Crippen molar-refractivity contribution in [3.05, 3.63) is 11.8 Å². The molecule has 0 spiro atoms. The van der Waals surface area contributed by atoms with E-state index in [1.165, 1.54) is 0 Å². The highest BCUT2D eigenvalue weighted by molar-refractivity contribution is 5.43. The molecule has 2 N–H and O–H groups in total. The Kier molecular flexibility index (Phi) is 5.44. The lowest BCUT2D eigenvalue weighted by Gasteiger charge is -2.16. The number of alkyl halides is 3. The zero-order chi connectivity index (χ0) is 16.2. The van der Waals surface area contributed by atoms with Gasteiger partial charge in [0.15, 0.2) is 5.69 Å². The van der Waals surface area contributed by atoms with Crippen molar-refractivity contribution >= 4 is 11.8 Å². The zero-order valence-corrected chi connectivity index (χ0v) is 12.7. The second kappa shape index (κ2) is 7.13. The van der Waals surface area contributed by atoms with Crippen molar-refractivity contribution in [1.29, 1.82) is 0 Å². The van der Waals surface area contributed by atoms with Gasteiger partial charge >= 0.3 is 6.18 Å². The maximum Gasteiger partial charge on any atom is 0.433 e. The van der Waals surface area contributed by atoms with Gasteiger partial charge in [-0.2, -0.15) is 18.2 Å². The maximum atomic E-state index is 12.9. The van der Waals surface area contributed by atoms with Crippen LogP contribution < -0.4 is 10.6 Å². The third-order valence-electron chi connectivity index (χ3n) is 3.54. The van der Waals surface area contributed by atoms with E-state index in [-0.39, 0.29) is 23.9 Å². The van der Waals surface area contributed by atoms with E-state index in [0.717, 1.165) is 25.3 Å². The van der Waals surface area contributed by atoms with Crippen molar-refractivity contribution < 1.29 is 17.9 Å². The van der Waals surface area contributed by atoms with Crippen LogP contribution in [0.15, 0.2) is 6.07 Å². The molecule has 0 aliphatic carbocycles. The molecule has 5 nitrogen and oxygen atoms in total. The first kappa shape index (κ1) is 16.8. The minimum atomic E-state index is -4.50. The molecule has 1 aliphatic rings. The average molecular weight is 318 g/mol. The molecule has 2 atom stereocenters. The van der Waals surface area contributed by atoms with Gasteiger partial charge in [0.1, 0.15) is 5.82 Å². The number of halogens is 3. The zero-order valence-electron chi connectivity index (χ0n) is 12.7. The van der Waals surface area contributed by atoms with E-state index in [1.54, 1.807) is 0 Å². The molecule has 1 aromatic rings. The van der Waals surface area contributed by atoms with Crippen LogP contribution in [0, 0.1) is 0 Å². The Labute approximate surface area is 127 Å². The molecule has 22 heavy (non-hydrogen) atoms. The Morgan fingerprint density at radius 1 is 1.41 bits per heavy atom. The number of nitrogens with zero attached hydrogens (tertiary/aromatic N) is 2.